The number of benzene rings is 1. The molecule has 2 amide bonds. The standard InChI is InChI=1S/C19H28N4O5/c1-13-5-6-15(11-16(13)23(26)27)20-17(24)12-22-9-7-14(8-10-22)21-18(25)28-19(2,3)4/h5-6,11,14H,7-10,12H2,1-4H3,(H,20,24)(H,21,25). The molecule has 0 aliphatic carbocycles. The van der Waals surface area contributed by atoms with Crippen LogP contribution in [0.2, 0.25) is 0 Å². The molecule has 2 N–H and O–H groups in total. The molecule has 1 aliphatic heterocycles. The fourth-order valence-electron chi connectivity index (χ4n) is 3.00. The maximum Gasteiger partial charge on any atom is 0.407 e. The molecule has 0 atom stereocenters. The first-order chi connectivity index (χ1) is 13.0. The number of hydrogen-bond donors (Lipinski definition) is 2. The number of hydrogen-bond acceptors (Lipinski definition) is 6. The zero-order valence-corrected chi connectivity index (χ0v) is 16.8. The molecule has 1 heterocycles. The van der Waals surface area contributed by atoms with Crippen molar-refractivity contribution in [3.8, 4) is 0 Å². The van der Waals surface area contributed by atoms with E-state index in [1.54, 1.807) is 19.1 Å². The summed E-state index contributed by atoms with van der Waals surface area (Å²) in [4.78, 5) is 36.6. The summed E-state index contributed by atoms with van der Waals surface area (Å²) in [6.07, 6.45) is 1.02. The van der Waals surface area contributed by atoms with E-state index in [0.717, 1.165) is 12.8 Å². The third kappa shape index (κ3) is 6.80. The number of piperidine rings is 1. The first-order valence-electron chi connectivity index (χ1n) is 9.30. The van der Waals surface area contributed by atoms with Gasteiger partial charge >= 0.3 is 6.09 Å². The van der Waals surface area contributed by atoms with E-state index in [1.807, 2.05) is 25.7 Å². The predicted molar refractivity (Wildman–Crippen MR) is 105 cm³/mol. The Hall–Kier alpha value is -2.68. The van der Waals surface area contributed by atoms with Gasteiger partial charge in [0.2, 0.25) is 5.91 Å². The normalized spacial score (nSPS) is 15.7. The van der Waals surface area contributed by atoms with E-state index in [-0.39, 0.29) is 24.2 Å². The number of likely N-dealkylation sites (tertiary alicyclic amines) is 1. The molecular weight excluding hydrogens is 364 g/mol. The van der Waals surface area contributed by atoms with Crippen molar-refractivity contribution in [2.75, 3.05) is 25.0 Å². The summed E-state index contributed by atoms with van der Waals surface area (Å²) in [5.74, 6) is -0.225. The maximum atomic E-state index is 12.3. The third-order valence-corrected chi connectivity index (χ3v) is 4.37. The lowest BCUT2D eigenvalue weighted by Crippen LogP contribution is -2.47. The van der Waals surface area contributed by atoms with Gasteiger partial charge in [0.1, 0.15) is 5.60 Å². The number of rotatable bonds is 5. The number of nitro groups is 1. The fourth-order valence-corrected chi connectivity index (χ4v) is 3.00. The van der Waals surface area contributed by atoms with E-state index in [1.165, 1.54) is 6.07 Å². The Balaban J connectivity index is 1.78. The molecule has 1 saturated heterocycles. The molecule has 0 unspecified atom stereocenters. The largest absolute Gasteiger partial charge is 0.444 e. The van der Waals surface area contributed by atoms with Crippen LogP contribution >= 0.6 is 0 Å². The Morgan fingerprint density at radius 2 is 1.93 bits per heavy atom. The van der Waals surface area contributed by atoms with Gasteiger partial charge in [-0.2, -0.15) is 0 Å². The highest BCUT2D eigenvalue weighted by Crippen LogP contribution is 2.22. The zero-order chi connectivity index (χ0) is 20.9. The summed E-state index contributed by atoms with van der Waals surface area (Å²) in [6.45, 7) is 8.63. The van der Waals surface area contributed by atoms with Crippen LogP contribution in [0.25, 0.3) is 0 Å². The first-order valence-corrected chi connectivity index (χ1v) is 9.30. The Morgan fingerprint density at radius 1 is 1.29 bits per heavy atom. The molecule has 1 aromatic carbocycles. The van der Waals surface area contributed by atoms with E-state index in [2.05, 4.69) is 10.6 Å². The summed E-state index contributed by atoms with van der Waals surface area (Å²) in [5, 5.41) is 16.6. The van der Waals surface area contributed by atoms with Gasteiger partial charge in [-0.25, -0.2) is 4.79 Å². The number of alkyl carbamates (subject to hydrolysis) is 1. The van der Waals surface area contributed by atoms with Crippen LogP contribution in [0.5, 0.6) is 0 Å². The smallest absolute Gasteiger partial charge is 0.407 e. The molecule has 9 heteroatoms. The lowest BCUT2D eigenvalue weighted by Gasteiger charge is -2.32. The Morgan fingerprint density at radius 3 is 2.50 bits per heavy atom. The molecule has 0 bridgehead atoms. The second-order valence-corrected chi connectivity index (χ2v) is 8.00. The summed E-state index contributed by atoms with van der Waals surface area (Å²) in [5.41, 5.74) is 0.395. The number of nitrogens with one attached hydrogen (secondary N) is 2. The van der Waals surface area contributed by atoms with Crippen LogP contribution in [0.3, 0.4) is 0 Å². The van der Waals surface area contributed by atoms with E-state index in [4.69, 9.17) is 4.74 Å². The van der Waals surface area contributed by atoms with Crippen molar-refractivity contribution in [1.82, 2.24) is 10.2 Å². The van der Waals surface area contributed by atoms with Gasteiger partial charge in [0, 0.05) is 36.4 Å². The highest BCUT2D eigenvalue weighted by molar-refractivity contribution is 5.92. The molecule has 0 spiro atoms. The molecule has 0 saturated carbocycles. The molecule has 28 heavy (non-hydrogen) atoms. The van der Waals surface area contributed by atoms with Crippen LogP contribution in [0, 0.1) is 17.0 Å². The number of nitro benzene ring substituents is 1. The lowest BCUT2D eigenvalue weighted by molar-refractivity contribution is -0.385. The zero-order valence-electron chi connectivity index (χ0n) is 16.8. The second-order valence-electron chi connectivity index (χ2n) is 8.00. The molecule has 0 radical (unpaired) electrons. The number of anilines is 1. The van der Waals surface area contributed by atoms with Gasteiger partial charge in [0.15, 0.2) is 0 Å². The second kappa shape index (κ2) is 9.01. The van der Waals surface area contributed by atoms with Crippen LogP contribution < -0.4 is 10.6 Å². The third-order valence-electron chi connectivity index (χ3n) is 4.37. The van der Waals surface area contributed by atoms with Crippen molar-refractivity contribution in [3.05, 3.63) is 33.9 Å². The predicted octanol–water partition coefficient (Wildman–Crippen LogP) is 2.83. The van der Waals surface area contributed by atoms with Gasteiger partial charge in [0.05, 0.1) is 11.5 Å². The van der Waals surface area contributed by atoms with E-state index in [0.29, 0.717) is 24.3 Å². The minimum Gasteiger partial charge on any atom is -0.444 e. The number of carbonyl (C=O) groups excluding carboxylic acids is 2. The van der Waals surface area contributed by atoms with Crippen molar-refractivity contribution in [2.24, 2.45) is 0 Å². The number of amides is 2. The molecular formula is C19H28N4O5. The van der Waals surface area contributed by atoms with Gasteiger partial charge in [-0.05, 0) is 46.6 Å². The van der Waals surface area contributed by atoms with Gasteiger partial charge in [-0.15, -0.1) is 0 Å². The van der Waals surface area contributed by atoms with Gasteiger partial charge in [-0.1, -0.05) is 6.07 Å². The summed E-state index contributed by atoms with van der Waals surface area (Å²) in [7, 11) is 0. The topological polar surface area (TPSA) is 114 Å². The molecule has 1 aliphatic rings. The lowest BCUT2D eigenvalue weighted by atomic mass is 10.1. The SMILES string of the molecule is Cc1ccc(NC(=O)CN2CCC(NC(=O)OC(C)(C)C)CC2)cc1[N+](=O)[O-]. The quantitative estimate of drug-likeness (QED) is 0.588. The monoisotopic (exact) mass is 392 g/mol. The van der Waals surface area contributed by atoms with Crippen molar-refractivity contribution in [1.29, 1.82) is 0 Å². The molecule has 0 aromatic heterocycles. The summed E-state index contributed by atoms with van der Waals surface area (Å²) in [6, 6.07) is 4.65. The number of carbonyl (C=O) groups is 2. The van der Waals surface area contributed by atoms with Crippen LogP contribution in [0.15, 0.2) is 18.2 Å². The summed E-state index contributed by atoms with van der Waals surface area (Å²) < 4.78 is 5.26. The molecule has 1 aromatic rings. The fraction of sp³-hybridized carbons (Fsp3) is 0.579. The van der Waals surface area contributed by atoms with Crippen molar-refractivity contribution in [2.45, 2.75) is 52.2 Å². The Labute approximate surface area is 164 Å². The number of ether oxygens (including phenoxy) is 1. The molecule has 154 valence electrons. The first kappa shape index (κ1) is 21.6. The summed E-state index contributed by atoms with van der Waals surface area (Å²) >= 11 is 0. The van der Waals surface area contributed by atoms with Crippen molar-refractivity contribution < 1.29 is 19.2 Å². The van der Waals surface area contributed by atoms with Crippen LogP contribution in [0.4, 0.5) is 16.2 Å². The molecule has 9 nitrogen and oxygen atoms in total. The number of aryl methyl sites for hydroxylation is 1. The van der Waals surface area contributed by atoms with Crippen LogP contribution in [-0.4, -0.2) is 53.1 Å². The Bertz CT molecular complexity index is 736. The Kier molecular flexibility index (Phi) is 6.95. The molecule has 1 fully saturated rings. The van der Waals surface area contributed by atoms with Gasteiger partial charge in [0.25, 0.3) is 5.69 Å². The highest BCUT2D eigenvalue weighted by Gasteiger charge is 2.24. The average Bonchev–Trinajstić information content (AvgIpc) is 2.56. The minimum atomic E-state index is -0.534. The van der Waals surface area contributed by atoms with Crippen LogP contribution in [-0.2, 0) is 9.53 Å². The van der Waals surface area contributed by atoms with Crippen LogP contribution in [0.1, 0.15) is 39.2 Å². The highest BCUT2D eigenvalue weighted by atomic mass is 16.6. The number of nitrogens with zero attached hydrogens (tertiary/aromatic N) is 2. The van der Waals surface area contributed by atoms with E-state index >= 15 is 0 Å². The minimum absolute atomic E-state index is 0.0215. The molecule has 2 rings (SSSR count). The average molecular weight is 392 g/mol. The van der Waals surface area contributed by atoms with Gasteiger partial charge in [-0.3, -0.25) is 19.8 Å². The van der Waals surface area contributed by atoms with Gasteiger partial charge < -0.3 is 15.4 Å². The van der Waals surface area contributed by atoms with Crippen molar-refractivity contribution in [3.63, 3.8) is 0 Å². The van der Waals surface area contributed by atoms with E-state index < -0.39 is 16.6 Å². The van der Waals surface area contributed by atoms with E-state index in [9.17, 15) is 19.7 Å². The van der Waals surface area contributed by atoms with Crippen molar-refractivity contribution >= 4 is 23.4 Å². The maximum absolute atomic E-state index is 12.3.